The maximum absolute atomic E-state index is 2.68. The summed E-state index contributed by atoms with van der Waals surface area (Å²) in [5.74, 6) is 0. The van der Waals surface area contributed by atoms with Crippen LogP contribution in [0.15, 0.2) is 182 Å². The lowest BCUT2D eigenvalue weighted by molar-refractivity contribution is 0.332. The molecule has 3 aliphatic rings. The van der Waals surface area contributed by atoms with Gasteiger partial charge < -0.3 is 14.6 Å². The number of hydrogen-bond donors (Lipinski definition) is 0. The van der Waals surface area contributed by atoms with Crippen molar-refractivity contribution in [2.24, 2.45) is 0 Å². The van der Waals surface area contributed by atoms with Crippen molar-refractivity contribution in [2.75, 3.05) is 14.6 Å². The maximum atomic E-state index is 2.68. The Labute approximate surface area is 460 Å². The molecule has 0 saturated heterocycles. The highest BCUT2D eigenvalue weighted by molar-refractivity contribution is 6.93. The predicted octanol–water partition coefficient (Wildman–Crippen LogP) is 19.2. The highest BCUT2D eigenvalue weighted by Crippen LogP contribution is 2.53. The molecule has 0 radical (unpaired) electrons. The van der Waals surface area contributed by atoms with Gasteiger partial charge in [-0.3, -0.25) is 0 Å². The second-order valence-electron chi connectivity index (χ2n) is 27.1. The minimum atomic E-state index is -0.154. The Morgan fingerprint density at radius 2 is 0.935 bits per heavy atom. The summed E-state index contributed by atoms with van der Waals surface area (Å²) in [6.07, 6.45) is 2.31. The summed E-state index contributed by atoms with van der Waals surface area (Å²) in [7, 11) is 0. The smallest absolute Gasteiger partial charge is 0.333 e. The predicted molar refractivity (Wildman–Crippen MR) is 334 cm³/mol. The van der Waals surface area contributed by atoms with E-state index in [4.69, 9.17) is 0 Å². The van der Waals surface area contributed by atoms with Gasteiger partial charge in [0.15, 0.2) is 0 Å². The molecule has 12 rings (SSSR count). The van der Waals surface area contributed by atoms with Crippen molar-refractivity contribution in [3.63, 3.8) is 0 Å². The molecule has 4 heteroatoms. The van der Waals surface area contributed by atoms with Crippen LogP contribution in [0.2, 0.25) is 0 Å². The summed E-state index contributed by atoms with van der Waals surface area (Å²) in [5, 5.41) is 2.48. The monoisotopic (exact) mass is 1010 g/mol. The SMILES string of the molecule is Cc1cc2c(cc1N1c3cc(N(c4ccc(C(C)(C)C)cc4)c4ccc(C(C)(C)C)cc4)ccc3B3c4c(cc(-c5ccccc5)cc41)-c1cc4ccccc4cc1N3c1ccc(C(C)(C)C)cc1)C(C)(C)CCC2(C)C. The topological polar surface area (TPSA) is 9.72 Å². The normalized spacial score (nSPS) is 15.4. The Balaban J connectivity index is 1.20. The van der Waals surface area contributed by atoms with Gasteiger partial charge in [0.1, 0.15) is 0 Å². The van der Waals surface area contributed by atoms with Gasteiger partial charge in [-0.05, 0) is 197 Å². The highest BCUT2D eigenvalue weighted by Gasteiger charge is 2.47. The zero-order valence-corrected chi connectivity index (χ0v) is 48.2. The molecule has 0 fully saturated rings. The molecule has 0 bridgehead atoms. The summed E-state index contributed by atoms with van der Waals surface area (Å²) in [4.78, 5) is 7.84. The molecular formula is C73H76BN3. The molecule has 2 heterocycles. The second kappa shape index (κ2) is 17.9. The number of hydrogen-bond acceptors (Lipinski definition) is 3. The lowest BCUT2D eigenvalue weighted by Crippen LogP contribution is -2.61. The molecule has 9 aromatic rings. The molecule has 2 aliphatic heterocycles. The van der Waals surface area contributed by atoms with Crippen molar-refractivity contribution in [2.45, 2.75) is 137 Å². The molecule has 3 nitrogen and oxygen atoms in total. The van der Waals surface area contributed by atoms with Gasteiger partial charge in [0, 0.05) is 51.1 Å². The Morgan fingerprint density at radius 3 is 1.49 bits per heavy atom. The fraction of sp³-hybridized carbons (Fsp3) is 0.288. The Hall–Kier alpha value is -7.30. The number of anilines is 8. The van der Waals surface area contributed by atoms with Crippen LogP contribution in [-0.2, 0) is 27.1 Å². The Morgan fingerprint density at radius 1 is 0.429 bits per heavy atom. The molecule has 0 amide bonds. The molecule has 386 valence electrons. The van der Waals surface area contributed by atoms with Crippen LogP contribution in [0.1, 0.15) is 136 Å². The Kier molecular flexibility index (Phi) is 11.7. The maximum Gasteiger partial charge on any atom is 0.333 e. The zero-order valence-electron chi connectivity index (χ0n) is 48.2. The van der Waals surface area contributed by atoms with E-state index in [9.17, 15) is 0 Å². The lowest BCUT2D eigenvalue weighted by atomic mass is 9.43. The van der Waals surface area contributed by atoms with Gasteiger partial charge in [-0.15, -0.1) is 0 Å². The molecule has 77 heavy (non-hydrogen) atoms. The van der Waals surface area contributed by atoms with Crippen molar-refractivity contribution in [3.05, 3.63) is 215 Å². The van der Waals surface area contributed by atoms with E-state index in [1.807, 2.05) is 0 Å². The molecule has 9 aromatic carbocycles. The van der Waals surface area contributed by atoms with Gasteiger partial charge >= 0.3 is 6.85 Å². The van der Waals surface area contributed by atoms with Crippen LogP contribution in [0.25, 0.3) is 33.0 Å². The number of rotatable bonds is 6. The third-order valence-corrected chi connectivity index (χ3v) is 17.7. The van der Waals surface area contributed by atoms with Crippen molar-refractivity contribution in [1.82, 2.24) is 0 Å². The summed E-state index contributed by atoms with van der Waals surface area (Å²) in [6.45, 7) is 32.8. The molecule has 0 atom stereocenters. The molecule has 0 spiro atoms. The fourth-order valence-electron chi connectivity index (χ4n) is 12.9. The third-order valence-electron chi connectivity index (χ3n) is 17.7. The molecule has 0 saturated carbocycles. The molecule has 1 aliphatic carbocycles. The quantitative estimate of drug-likeness (QED) is 0.154. The van der Waals surface area contributed by atoms with Crippen LogP contribution in [-0.4, -0.2) is 6.85 Å². The average molecular weight is 1010 g/mol. The summed E-state index contributed by atoms with van der Waals surface area (Å²) in [5.41, 5.74) is 25.3. The van der Waals surface area contributed by atoms with Gasteiger partial charge in [0.2, 0.25) is 0 Å². The number of nitrogens with zero attached hydrogens (tertiary/aromatic N) is 3. The summed E-state index contributed by atoms with van der Waals surface area (Å²) < 4.78 is 0. The van der Waals surface area contributed by atoms with E-state index in [2.05, 4.69) is 294 Å². The van der Waals surface area contributed by atoms with E-state index in [-0.39, 0.29) is 33.9 Å². The van der Waals surface area contributed by atoms with Gasteiger partial charge in [0.25, 0.3) is 0 Å². The first-order valence-corrected chi connectivity index (χ1v) is 28.2. The van der Waals surface area contributed by atoms with Crippen LogP contribution in [0.4, 0.5) is 45.5 Å². The van der Waals surface area contributed by atoms with Crippen molar-refractivity contribution in [3.8, 4) is 22.3 Å². The molecule has 0 unspecified atom stereocenters. The first-order valence-electron chi connectivity index (χ1n) is 28.2. The molecule has 0 aromatic heterocycles. The fourth-order valence-corrected chi connectivity index (χ4v) is 12.9. The van der Waals surface area contributed by atoms with E-state index in [1.165, 1.54) is 112 Å². The van der Waals surface area contributed by atoms with E-state index < -0.39 is 0 Å². The second-order valence-corrected chi connectivity index (χ2v) is 27.1. The molecule has 0 N–H and O–H groups in total. The van der Waals surface area contributed by atoms with Crippen LogP contribution in [0.3, 0.4) is 0 Å². The summed E-state index contributed by atoms with van der Waals surface area (Å²) in [6, 6.07) is 70.5. The number of fused-ring (bicyclic) bond motifs is 6. The number of benzene rings is 9. The van der Waals surface area contributed by atoms with E-state index in [1.54, 1.807) is 0 Å². The average Bonchev–Trinajstić information content (AvgIpc) is 3.35. The van der Waals surface area contributed by atoms with Crippen LogP contribution in [0, 0.1) is 6.92 Å². The van der Waals surface area contributed by atoms with Crippen molar-refractivity contribution < 1.29 is 0 Å². The standard InChI is InChI=1S/C73H76BN3/c1-47-40-61-62(73(13,14)39-38-72(61,11)12)46-64(47)76-66-45-58(75(55-30-24-52(25-31-55)69(2,3)4)56-32-26-53(27-33-56)70(5,6)7)36-37-63(66)74-68-60(42-51(44-67(68)76)48-20-16-15-17-21-48)59-41-49-22-18-19-23-50(49)43-65(59)77(74)57-34-28-54(29-35-57)71(8,9)10/h15-37,40-46H,38-39H2,1-14H3. The van der Waals surface area contributed by atoms with Gasteiger partial charge in [-0.2, -0.15) is 0 Å². The van der Waals surface area contributed by atoms with Gasteiger partial charge in [-0.25, -0.2) is 0 Å². The largest absolute Gasteiger partial charge is 0.376 e. The Bertz CT molecular complexity index is 3690. The lowest BCUT2D eigenvalue weighted by Gasteiger charge is -2.47. The highest BCUT2D eigenvalue weighted by atomic mass is 15.2. The van der Waals surface area contributed by atoms with E-state index in [0.717, 1.165) is 23.5 Å². The third kappa shape index (κ3) is 8.68. The first kappa shape index (κ1) is 50.5. The van der Waals surface area contributed by atoms with Gasteiger partial charge in [-0.1, -0.05) is 193 Å². The van der Waals surface area contributed by atoms with E-state index >= 15 is 0 Å². The number of aryl methyl sites for hydroxylation is 1. The van der Waals surface area contributed by atoms with Crippen LogP contribution < -0.4 is 25.5 Å². The zero-order chi connectivity index (χ0) is 54.1. The van der Waals surface area contributed by atoms with Crippen LogP contribution in [0.5, 0.6) is 0 Å². The van der Waals surface area contributed by atoms with Crippen molar-refractivity contribution in [1.29, 1.82) is 0 Å². The minimum absolute atomic E-state index is 0.00681. The molecular weight excluding hydrogens is 930 g/mol. The van der Waals surface area contributed by atoms with Crippen molar-refractivity contribution >= 4 is 74.0 Å². The van der Waals surface area contributed by atoms with Gasteiger partial charge in [0.05, 0.1) is 0 Å². The van der Waals surface area contributed by atoms with E-state index in [0.29, 0.717) is 0 Å². The van der Waals surface area contributed by atoms with Crippen LogP contribution >= 0.6 is 0 Å². The summed E-state index contributed by atoms with van der Waals surface area (Å²) >= 11 is 0. The first-order chi connectivity index (χ1) is 36.5. The minimum Gasteiger partial charge on any atom is -0.376 e.